The Morgan fingerprint density at radius 2 is 2.10 bits per heavy atom. The van der Waals surface area contributed by atoms with Gasteiger partial charge in [-0.1, -0.05) is 11.3 Å². The van der Waals surface area contributed by atoms with E-state index in [1.165, 1.54) is 16.8 Å². The SMILES string of the molecule is Cn1cc(COc2ccc(CO)cc2C(F)(F)F)nn1. The van der Waals surface area contributed by atoms with Crippen LogP contribution in [0.3, 0.4) is 0 Å². The molecule has 8 heteroatoms. The van der Waals surface area contributed by atoms with Gasteiger partial charge in [0.15, 0.2) is 0 Å². The smallest absolute Gasteiger partial charge is 0.419 e. The minimum atomic E-state index is -4.55. The van der Waals surface area contributed by atoms with Crippen LogP contribution in [-0.4, -0.2) is 20.1 Å². The van der Waals surface area contributed by atoms with Crippen molar-refractivity contribution in [3.63, 3.8) is 0 Å². The van der Waals surface area contributed by atoms with Crippen LogP contribution in [0.2, 0.25) is 0 Å². The first-order valence-electron chi connectivity index (χ1n) is 5.69. The van der Waals surface area contributed by atoms with Crippen LogP contribution in [0.15, 0.2) is 24.4 Å². The quantitative estimate of drug-likeness (QED) is 0.933. The molecule has 1 heterocycles. The Morgan fingerprint density at radius 1 is 1.35 bits per heavy atom. The summed E-state index contributed by atoms with van der Waals surface area (Å²) in [6.07, 6.45) is -3.00. The summed E-state index contributed by atoms with van der Waals surface area (Å²) in [6.45, 7) is -0.580. The number of aliphatic hydroxyl groups excluding tert-OH is 1. The zero-order chi connectivity index (χ0) is 14.8. The molecule has 2 aromatic rings. The average Bonchev–Trinajstić information content (AvgIpc) is 2.81. The molecule has 0 aliphatic carbocycles. The molecule has 1 aromatic carbocycles. The van der Waals surface area contributed by atoms with E-state index in [-0.39, 0.29) is 17.9 Å². The van der Waals surface area contributed by atoms with Gasteiger partial charge in [0.1, 0.15) is 18.1 Å². The molecule has 0 atom stereocenters. The molecule has 108 valence electrons. The minimum Gasteiger partial charge on any atom is -0.487 e. The standard InChI is InChI=1S/C12H12F3N3O2/c1-18-5-9(16-17-18)7-20-11-3-2-8(6-19)4-10(11)12(13,14)15/h2-5,19H,6-7H2,1H3. The van der Waals surface area contributed by atoms with Gasteiger partial charge in [-0.2, -0.15) is 13.2 Å². The summed E-state index contributed by atoms with van der Waals surface area (Å²) < 4.78 is 45.3. The Balaban J connectivity index is 2.22. The third-order valence-electron chi connectivity index (χ3n) is 2.56. The largest absolute Gasteiger partial charge is 0.487 e. The molecule has 0 radical (unpaired) electrons. The lowest BCUT2D eigenvalue weighted by molar-refractivity contribution is -0.139. The van der Waals surface area contributed by atoms with Gasteiger partial charge in [-0.3, -0.25) is 4.68 Å². The fourth-order valence-electron chi connectivity index (χ4n) is 1.64. The third kappa shape index (κ3) is 3.27. The molecule has 2 rings (SSSR count). The molecule has 1 N–H and O–H groups in total. The Bertz CT molecular complexity index is 596. The lowest BCUT2D eigenvalue weighted by atomic mass is 10.1. The fourth-order valence-corrected chi connectivity index (χ4v) is 1.64. The number of aliphatic hydroxyl groups is 1. The van der Waals surface area contributed by atoms with Crippen LogP contribution < -0.4 is 4.74 Å². The van der Waals surface area contributed by atoms with Crippen molar-refractivity contribution in [3.05, 3.63) is 41.2 Å². The summed E-state index contributed by atoms with van der Waals surface area (Å²) in [5, 5.41) is 16.3. The number of aryl methyl sites for hydroxylation is 1. The van der Waals surface area contributed by atoms with Crippen molar-refractivity contribution >= 4 is 0 Å². The molecule has 0 unspecified atom stereocenters. The van der Waals surface area contributed by atoms with Crippen LogP contribution in [0, 0.1) is 0 Å². The van der Waals surface area contributed by atoms with E-state index in [1.807, 2.05) is 0 Å². The number of hydrogen-bond acceptors (Lipinski definition) is 4. The van der Waals surface area contributed by atoms with Gasteiger partial charge in [0.2, 0.25) is 0 Å². The van der Waals surface area contributed by atoms with E-state index in [2.05, 4.69) is 10.3 Å². The van der Waals surface area contributed by atoms with E-state index < -0.39 is 18.3 Å². The predicted molar refractivity (Wildman–Crippen MR) is 62.7 cm³/mol. The molecule has 0 spiro atoms. The van der Waals surface area contributed by atoms with E-state index in [0.717, 1.165) is 6.07 Å². The highest BCUT2D eigenvalue weighted by molar-refractivity contribution is 5.39. The molecule has 0 aliphatic rings. The van der Waals surface area contributed by atoms with Crippen molar-refractivity contribution in [2.45, 2.75) is 19.4 Å². The van der Waals surface area contributed by atoms with Gasteiger partial charge in [-0.25, -0.2) is 0 Å². The monoisotopic (exact) mass is 287 g/mol. The minimum absolute atomic E-state index is 0.116. The Kier molecular flexibility index (Phi) is 3.93. The molecule has 0 saturated carbocycles. The topological polar surface area (TPSA) is 60.2 Å². The summed E-state index contributed by atoms with van der Waals surface area (Å²) in [4.78, 5) is 0. The van der Waals surface area contributed by atoms with Crippen molar-refractivity contribution in [3.8, 4) is 5.75 Å². The van der Waals surface area contributed by atoms with Crippen LogP contribution in [0.25, 0.3) is 0 Å². The number of aromatic nitrogens is 3. The Hall–Kier alpha value is -2.09. The first-order chi connectivity index (χ1) is 9.40. The molecule has 0 aliphatic heterocycles. The maximum atomic E-state index is 12.9. The summed E-state index contributed by atoms with van der Waals surface area (Å²) in [6, 6.07) is 3.43. The molecule has 1 aromatic heterocycles. The first kappa shape index (κ1) is 14.3. The summed E-state index contributed by atoms with van der Waals surface area (Å²) in [5.41, 5.74) is -0.330. The van der Waals surface area contributed by atoms with Gasteiger partial charge in [-0.15, -0.1) is 5.10 Å². The fraction of sp³-hybridized carbons (Fsp3) is 0.333. The predicted octanol–water partition coefficient (Wildman–Crippen LogP) is 1.91. The molecule has 0 fully saturated rings. The van der Waals surface area contributed by atoms with Gasteiger partial charge < -0.3 is 9.84 Å². The van der Waals surface area contributed by atoms with Gasteiger partial charge >= 0.3 is 6.18 Å². The molecular formula is C12H12F3N3O2. The lowest BCUT2D eigenvalue weighted by Crippen LogP contribution is -2.09. The van der Waals surface area contributed by atoms with Crippen LogP contribution in [-0.2, 0) is 26.4 Å². The van der Waals surface area contributed by atoms with Gasteiger partial charge in [0.05, 0.1) is 18.4 Å². The summed E-state index contributed by atoms with van der Waals surface area (Å²) >= 11 is 0. The highest BCUT2D eigenvalue weighted by Gasteiger charge is 2.34. The van der Waals surface area contributed by atoms with Crippen LogP contribution >= 0.6 is 0 Å². The number of nitrogens with zero attached hydrogens (tertiary/aromatic N) is 3. The second kappa shape index (κ2) is 5.49. The normalized spacial score (nSPS) is 11.7. The summed E-state index contributed by atoms with van der Waals surface area (Å²) in [7, 11) is 1.65. The number of hydrogen-bond donors (Lipinski definition) is 1. The van der Waals surface area contributed by atoms with Crippen molar-refractivity contribution in [1.29, 1.82) is 0 Å². The molecule has 20 heavy (non-hydrogen) atoms. The zero-order valence-corrected chi connectivity index (χ0v) is 10.6. The molecule has 5 nitrogen and oxygen atoms in total. The molecule has 0 amide bonds. The Morgan fingerprint density at radius 3 is 2.65 bits per heavy atom. The van der Waals surface area contributed by atoms with E-state index in [0.29, 0.717) is 5.69 Å². The third-order valence-corrected chi connectivity index (χ3v) is 2.56. The highest BCUT2D eigenvalue weighted by atomic mass is 19.4. The van der Waals surface area contributed by atoms with Crippen molar-refractivity contribution in [2.24, 2.45) is 7.05 Å². The number of alkyl halides is 3. The Labute approximate surface area is 112 Å². The molecule has 0 bridgehead atoms. The van der Waals surface area contributed by atoms with Gasteiger partial charge in [0.25, 0.3) is 0 Å². The van der Waals surface area contributed by atoms with Gasteiger partial charge in [0, 0.05) is 7.05 Å². The maximum Gasteiger partial charge on any atom is 0.419 e. The highest BCUT2D eigenvalue weighted by Crippen LogP contribution is 2.37. The van der Waals surface area contributed by atoms with Crippen molar-refractivity contribution < 1.29 is 23.0 Å². The van der Waals surface area contributed by atoms with Gasteiger partial charge in [-0.05, 0) is 17.7 Å². The van der Waals surface area contributed by atoms with E-state index in [1.54, 1.807) is 13.2 Å². The van der Waals surface area contributed by atoms with E-state index >= 15 is 0 Å². The molecule has 0 saturated heterocycles. The number of halogens is 3. The first-order valence-corrected chi connectivity index (χ1v) is 5.69. The van der Waals surface area contributed by atoms with E-state index in [9.17, 15) is 13.2 Å². The number of ether oxygens (including phenoxy) is 1. The van der Waals surface area contributed by atoms with Crippen LogP contribution in [0.1, 0.15) is 16.8 Å². The van der Waals surface area contributed by atoms with Crippen molar-refractivity contribution in [2.75, 3.05) is 0 Å². The number of benzene rings is 1. The van der Waals surface area contributed by atoms with Crippen LogP contribution in [0.4, 0.5) is 13.2 Å². The van der Waals surface area contributed by atoms with E-state index in [4.69, 9.17) is 9.84 Å². The lowest BCUT2D eigenvalue weighted by Gasteiger charge is -2.14. The summed E-state index contributed by atoms with van der Waals surface area (Å²) in [5.74, 6) is -0.305. The van der Waals surface area contributed by atoms with Crippen LogP contribution in [0.5, 0.6) is 5.75 Å². The second-order valence-corrected chi connectivity index (χ2v) is 4.16. The zero-order valence-electron chi connectivity index (χ0n) is 10.6. The number of rotatable bonds is 4. The van der Waals surface area contributed by atoms with Crippen molar-refractivity contribution in [1.82, 2.24) is 15.0 Å². The average molecular weight is 287 g/mol. The second-order valence-electron chi connectivity index (χ2n) is 4.16. The maximum absolute atomic E-state index is 12.9. The molecular weight excluding hydrogens is 275 g/mol.